The van der Waals surface area contributed by atoms with Gasteiger partial charge in [0.05, 0.1) is 22.4 Å². The van der Waals surface area contributed by atoms with E-state index in [-0.39, 0.29) is 29.3 Å². The molecule has 1 atom stereocenters. The van der Waals surface area contributed by atoms with Gasteiger partial charge in [0.15, 0.2) is 9.84 Å². The minimum Gasteiger partial charge on any atom is -0.267 e. The van der Waals surface area contributed by atoms with Crippen molar-refractivity contribution in [2.75, 3.05) is 25.6 Å². The minimum atomic E-state index is -3.11. The number of hydrogen-bond donors (Lipinski definition) is 0. The fourth-order valence-electron chi connectivity index (χ4n) is 3.20. The van der Waals surface area contributed by atoms with Gasteiger partial charge in [-0.25, -0.2) is 17.8 Å². The van der Waals surface area contributed by atoms with Crippen LogP contribution in [0.2, 0.25) is 0 Å². The number of hydrazine groups is 1. The number of fused-ring (bicyclic) bond motifs is 1. The molecule has 1 fully saturated rings. The molecule has 0 bridgehead atoms. The highest BCUT2D eigenvalue weighted by atomic mass is 32.2. The van der Waals surface area contributed by atoms with Crippen LogP contribution in [-0.2, 0) is 9.84 Å². The van der Waals surface area contributed by atoms with E-state index >= 15 is 0 Å². The van der Waals surface area contributed by atoms with E-state index in [4.69, 9.17) is 0 Å². The summed E-state index contributed by atoms with van der Waals surface area (Å²) in [5.74, 6) is -0.565. The first kappa shape index (κ1) is 17.3. The van der Waals surface area contributed by atoms with Gasteiger partial charge in [-0.15, -0.1) is 11.3 Å². The molecule has 1 aromatic carbocycles. The molecule has 0 N–H and O–H groups in total. The van der Waals surface area contributed by atoms with Gasteiger partial charge in [0, 0.05) is 24.2 Å². The van der Waals surface area contributed by atoms with E-state index in [0.717, 1.165) is 0 Å². The van der Waals surface area contributed by atoms with Crippen molar-refractivity contribution in [1.29, 1.82) is 0 Å². The third-order valence-corrected chi connectivity index (χ3v) is 7.29. The summed E-state index contributed by atoms with van der Waals surface area (Å²) in [6.07, 6.45) is 0.421. The molecular weight excluding hydrogens is 351 g/mol. The topological polar surface area (TPSA) is 57.7 Å². The van der Waals surface area contributed by atoms with Gasteiger partial charge in [0.25, 0.3) is 5.91 Å². The first-order valence-corrected chi connectivity index (χ1v) is 10.2. The molecule has 24 heavy (non-hydrogen) atoms. The summed E-state index contributed by atoms with van der Waals surface area (Å²) in [5.41, 5.74) is 0.603. The van der Waals surface area contributed by atoms with Gasteiger partial charge in [-0.3, -0.25) is 9.80 Å². The van der Waals surface area contributed by atoms with Crippen molar-refractivity contribution in [1.82, 2.24) is 10.0 Å². The van der Waals surface area contributed by atoms with E-state index in [1.807, 2.05) is 0 Å². The van der Waals surface area contributed by atoms with Crippen LogP contribution < -0.4 is 0 Å². The van der Waals surface area contributed by atoms with Crippen LogP contribution in [0.1, 0.15) is 21.7 Å². The lowest BCUT2D eigenvalue weighted by Crippen LogP contribution is -2.49. The predicted molar refractivity (Wildman–Crippen MR) is 93.4 cm³/mol. The molecule has 0 saturated carbocycles. The van der Waals surface area contributed by atoms with Crippen LogP contribution in [0.5, 0.6) is 0 Å². The zero-order valence-electron chi connectivity index (χ0n) is 13.7. The standard InChI is InChI=1S/C16H19FN2O3S2/c1-10-14-12(17)5-4-6-13(14)23-15(10)16(20)19(18(2)3)11-7-8-24(21,22)9-11/h4-6,11H,7-9H2,1-3H3. The molecule has 0 spiro atoms. The number of benzene rings is 1. The van der Waals surface area contributed by atoms with E-state index < -0.39 is 9.84 Å². The van der Waals surface area contributed by atoms with Gasteiger partial charge in [-0.1, -0.05) is 6.07 Å². The highest BCUT2D eigenvalue weighted by Crippen LogP contribution is 2.34. The van der Waals surface area contributed by atoms with E-state index in [0.29, 0.717) is 26.9 Å². The largest absolute Gasteiger partial charge is 0.278 e. The van der Waals surface area contributed by atoms with E-state index in [1.54, 1.807) is 38.2 Å². The van der Waals surface area contributed by atoms with Gasteiger partial charge in [-0.05, 0) is 31.0 Å². The smallest absolute Gasteiger partial charge is 0.267 e. The summed E-state index contributed by atoms with van der Waals surface area (Å²) in [6.45, 7) is 1.73. The first-order chi connectivity index (χ1) is 11.2. The van der Waals surface area contributed by atoms with Gasteiger partial charge >= 0.3 is 0 Å². The van der Waals surface area contributed by atoms with Gasteiger partial charge in [0.1, 0.15) is 5.82 Å². The Morgan fingerprint density at radius 3 is 2.58 bits per heavy atom. The van der Waals surface area contributed by atoms with Crippen molar-refractivity contribution >= 4 is 37.2 Å². The van der Waals surface area contributed by atoms with Crippen molar-refractivity contribution in [3.05, 3.63) is 34.5 Å². The maximum absolute atomic E-state index is 14.1. The summed E-state index contributed by atoms with van der Waals surface area (Å²) < 4.78 is 38.3. The molecule has 3 rings (SSSR count). The molecule has 8 heteroatoms. The molecule has 1 aliphatic heterocycles. The number of sulfone groups is 1. The number of halogens is 1. The highest BCUT2D eigenvalue weighted by molar-refractivity contribution is 7.91. The Morgan fingerprint density at radius 2 is 2.04 bits per heavy atom. The fourth-order valence-corrected chi connectivity index (χ4v) is 6.05. The quantitative estimate of drug-likeness (QED) is 0.779. The molecule has 1 aliphatic rings. The Kier molecular flexibility index (Phi) is 4.39. The van der Waals surface area contributed by atoms with E-state index in [2.05, 4.69) is 0 Å². The summed E-state index contributed by atoms with van der Waals surface area (Å²) >= 11 is 1.24. The Morgan fingerprint density at radius 1 is 1.33 bits per heavy atom. The van der Waals surface area contributed by atoms with Crippen LogP contribution in [0.3, 0.4) is 0 Å². The van der Waals surface area contributed by atoms with Crippen molar-refractivity contribution in [3.8, 4) is 0 Å². The van der Waals surface area contributed by atoms with E-state index in [1.165, 1.54) is 22.4 Å². The molecule has 0 radical (unpaired) electrons. The average Bonchev–Trinajstić information content (AvgIpc) is 3.00. The summed E-state index contributed by atoms with van der Waals surface area (Å²) in [7, 11) is 0.320. The summed E-state index contributed by atoms with van der Waals surface area (Å²) in [5, 5.41) is 3.57. The normalized spacial score (nSPS) is 20.0. The maximum Gasteiger partial charge on any atom is 0.278 e. The lowest BCUT2D eigenvalue weighted by molar-refractivity contribution is 0.00143. The third-order valence-electron chi connectivity index (χ3n) is 4.29. The SMILES string of the molecule is Cc1c(C(=O)N(C2CCS(=O)(=O)C2)N(C)C)sc2cccc(F)c12. The van der Waals surface area contributed by atoms with Crippen LogP contribution in [0.15, 0.2) is 18.2 Å². The number of hydrogen-bond acceptors (Lipinski definition) is 5. The van der Waals surface area contributed by atoms with Crippen LogP contribution in [0.25, 0.3) is 10.1 Å². The van der Waals surface area contributed by atoms with Gasteiger partial charge < -0.3 is 0 Å². The highest BCUT2D eigenvalue weighted by Gasteiger charge is 2.37. The molecule has 1 saturated heterocycles. The zero-order valence-corrected chi connectivity index (χ0v) is 15.4. The molecule has 1 amide bonds. The molecule has 0 aliphatic carbocycles. The lowest BCUT2D eigenvalue weighted by Gasteiger charge is -2.33. The molecule has 2 heterocycles. The summed E-state index contributed by atoms with van der Waals surface area (Å²) in [6, 6.07) is 4.40. The first-order valence-electron chi connectivity index (χ1n) is 7.60. The zero-order chi connectivity index (χ0) is 17.6. The number of aryl methyl sites for hydroxylation is 1. The number of rotatable bonds is 3. The Bertz CT molecular complexity index is 905. The molecule has 130 valence electrons. The Hall–Kier alpha value is -1.51. The van der Waals surface area contributed by atoms with Gasteiger partial charge in [0.2, 0.25) is 0 Å². The fraction of sp³-hybridized carbons (Fsp3) is 0.438. The maximum atomic E-state index is 14.1. The van der Waals surface area contributed by atoms with Crippen LogP contribution in [0.4, 0.5) is 4.39 Å². The average molecular weight is 370 g/mol. The predicted octanol–water partition coefficient (Wildman–Crippen LogP) is 2.45. The summed E-state index contributed by atoms with van der Waals surface area (Å²) in [4.78, 5) is 13.5. The number of carbonyl (C=O) groups excluding carboxylic acids is 1. The molecular formula is C16H19FN2O3S2. The third kappa shape index (κ3) is 2.94. The van der Waals surface area contributed by atoms with Crippen molar-refractivity contribution in [3.63, 3.8) is 0 Å². The number of thiophene rings is 1. The Balaban J connectivity index is 2.03. The van der Waals surface area contributed by atoms with Crippen LogP contribution in [-0.4, -0.2) is 56.0 Å². The van der Waals surface area contributed by atoms with Crippen molar-refractivity contribution < 1.29 is 17.6 Å². The van der Waals surface area contributed by atoms with Crippen LogP contribution in [0, 0.1) is 12.7 Å². The Labute approximate surface area is 144 Å². The second-order valence-corrected chi connectivity index (χ2v) is 9.50. The van der Waals surface area contributed by atoms with Crippen molar-refractivity contribution in [2.24, 2.45) is 0 Å². The monoisotopic (exact) mass is 370 g/mol. The number of nitrogens with zero attached hydrogens (tertiary/aromatic N) is 2. The molecule has 1 aromatic heterocycles. The molecule has 1 unspecified atom stereocenters. The van der Waals surface area contributed by atoms with Crippen molar-refractivity contribution in [2.45, 2.75) is 19.4 Å². The molecule has 2 aromatic rings. The van der Waals surface area contributed by atoms with Crippen LogP contribution >= 0.6 is 11.3 Å². The number of amides is 1. The minimum absolute atomic E-state index is 0.0325. The molecule has 5 nitrogen and oxygen atoms in total. The lowest BCUT2D eigenvalue weighted by atomic mass is 10.1. The van der Waals surface area contributed by atoms with E-state index in [9.17, 15) is 17.6 Å². The number of carbonyl (C=O) groups is 1. The second-order valence-electron chi connectivity index (χ2n) is 6.22. The van der Waals surface area contributed by atoms with Gasteiger partial charge in [-0.2, -0.15) is 0 Å². The second kappa shape index (κ2) is 6.09.